The predicted octanol–water partition coefficient (Wildman–Crippen LogP) is 2.76. The minimum absolute atomic E-state index is 0.133. The van der Waals surface area contributed by atoms with Gasteiger partial charge in [0.05, 0.1) is 24.4 Å². The first-order valence-electron chi connectivity index (χ1n) is 7.60. The maximum Gasteiger partial charge on any atom is 0.325 e. The number of amides is 1. The van der Waals surface area contributed by atoms with E-state index in [2.05, 4.69) is 4.99 Å². The Kier molecular flexibility index (Phi) is 5.13. The van der Waals surface area contributed by atoms with Crippen molar-refractivity contribution in [2.24, 2.45) is 4.99 Å². The first kappa shape index (κ1) is 17.8. The van der Waals surface area contributed by atoms with E-state index in [1.165, 1.54) is 30.9 Å². The maximum atomic E-state index is 13.5. The van der Waals surface area contributed by atoms with Crippen LogP contribution in [0.3, 0.4) is 0 Å². The second kappa shape index (κ2) is 7.49. The van der Waals surface area contributed by atoms with Crippen LogP contribution in [0.1, 0.15) is 10.4 Å². The van der Waals surface area contributed by atoms with Crippen LogP contribution in [0, 0.1) is 5.82 Å². The first-order valence-corrected chi connectivity index (χ1v) is 8.42. The van der Waals surface area contributed by atoms with Gasteiger partial charge in [-0.05, 0) is 36.4 Å². The van der Waals surface area contributed by atoms with Gasteiger partial charge in [-0.25, -0.2) is 4.39 Å². The Bertz CT molecular complexity index is 1050. The van der Waals surface area contributed by atoms with Gasteiger partial charge in [-0.15, -0.1) is 0 Å². The number of ether oxygens (including phenoxy) is 2. The molecule has 0 saturated carbocycles. The molecule has 0 bridgehead atoms. The summed E-state index contributed by atoms with van der Waals surface area (Å²) in [5, 5.41) is 0. The Labute approximate surface area is 152 Å². The highest BCUT2D eigenvalue weighted by Gasteiger charge is 2.13. The molecule has 0 aliphatic heterocycles. The summed E-state index contributed by atoms with van der Waals surface area (Å²) in [6.07, 6.45) is 0. The fraction of sp³-hybridized carbons (Fsp3) is 0.167. The summed E-state index contributed by atoms with van der Waals surface area (Å²) in [6.45, 7) is -0.133. The fourth-order valence-electron chi connectivity index (χ4n) is 2.39. The quantitative estimate of drug-likeness (QED) is 0.659. The largest absolute Gasteiger partial charge is 0.497 e. The molecule has 0 unspecified atom stereocenters. The number of fused-ring (bicyclic) bond motifs is 1. The second-order valence-electron chi connectivity index (χ2n) is 5.31. The zero-order valence-electron chi connectivity index (χ0n) is 14.1. The standard InChI is InChI=1S/C18H15FN2O4S/c1-24-13-5-3-4-11(8-13)17(23)20-18-21(10-16(22)25-2)14-7-6-12(19)9-15(14)26-18/h3-9H,10H2,1-2H3. The number of aromatic nitrogens is 1. The molecule has 1 aromatic heterocycles. The highest BCUT2D eigenvalue weighted by molar-refractivity contribution is 7.16. The fourth-order valence-corrected chi connectivity index (χ4v) is 3.44. The van der Waals surface area contributed by atoms with Crippen LogP contribution in [0.5, 0.6) is 5.75 Å². The molecular formula is C18H15FN2O4S. The minimum atomic E-state index is -0.496. The normalized spacial score (nSPS) is 11.6. The topological polar surface area (TPSA) is 69.9 Å². The lowest BCUT2D eigenvalue weighted by Gasteiger charge is -2.04. The third kappa shape index (κ3) is 3.65. The van der Waals surface area contributed by atoms with E-state index >= 15 is 0 Å². The number of esters is 1. The molecule has 0 N–H and O–H groups in total. The van der Waals surface area contributed by atoms with Gasteiger partial charge in [0.15, 0.2) is 4.80 Å². The van der Waals surface area contributed by atoms with Gasteiger partial charge in [0, 0.05) is 5.56 Å². The van der Waals surface area contributed by atoms with Crippen molar-refractivity contribution < 1.29 is 23.5 Å². The van der Waals surface area contributed by atoms with Crippen molar-refractivity contribution in [2.75, 3.05) is 14.2 Å². The molecule has 134 valence electrons. The van der Waals surface area contributed by atoms with E-state index in [1.54, 1.807) is 30.3 Å². The summed E-state index contributed by atoms with van der Waals surface area (Å²) in [5.74, 6) is -0.861. The number of hydrogen-bond donors (Lipinski definition) is 0. The molecule has 1 amide bonds. The first-order chi connectivity index (χ1) is 12.5. The summed E-state index contributed by atoms with van der Waals surface area (Å²) >= 11 is 1.12. The Morgan fingerprint density at radius 2 is 2.00 bits per heavy atom. The molecule has 0 aliphatic rings. The zero-order chi connectivity index (χ0) is 18.7. The lowest BCUT2D eigenvalue weighted by atomic mass is 10.2. The molecule has 26 heavy (non-hydrogen) atoms. The van der Waals surface area contributed by atoms with Gasteiger partial charge in [0.1, 0.15) is 18.1 Å². The van der Waals surface area contributed by atoms with Crippen LogP contribution in [-0.4, -0.2) is 30.7 Å². The number of methoxy groups -OCH3 is 2. The molecule has 0 saturated heterocycles. The minimum Gasteiger partial charge on any atom is -0.497 e. The van der Waals surface area contributed by atoms with Crippen LogP contribution in [0.25, 0.3) is 10.2 Å². The van der Waals surface area contributed by atoms with Gasteiger partial charge in [-0.2, -0.15) is 4.99 Å². The number of rotatable bonds is 4. The van der Waals surface area contributed by atoms with E-state index < -0.39 is 17.7 Å². The van der Waals surface area contributed by atoms with E-state index in [-0.39, 0.29) is 11.3 Å². The number of carbonyl (C=O) groups excluding carboxylic acids is 2. The Hall–Kier alpha value is -3.00. The van der Waals surface area contributed by atoms with Gasteiger partial charge in [-0.1, -0.05) is 17.4 Å². The zero-order valence-corrected chi connectivity index (χ0v) is 14.9. The van der Waals surface area contributed by atoms with E-state index in [0.717, 1.165) is 11.3 Å². The highest BCUT2D eigenvalue weighted by atomic mass is 32.1. The Morgan fingerprint density at radius 1 is 1.19 bits per heavy atom. The van der Waals surface area contributed by atoms with Gasteiger partial charge in [0.2, 0.25) is 0 Å². The van der Waals surface area contributed by atoms with E-state index in [9.17, 15) is 14.0 Å². The van der Waals surface area contributed by atoms with Crippen molar-refractivity contribution in [3.63, 3.8) is 0 Å². The number of carbonyl (C=O) groups is 2. The number of halogens is 1. The molecule has 0 fully saturated rings. The Morgan fingerprint density at radius 3 is 2.73 bits per heavy atom. The number of benzene rings is 2. The van der Waals surface area contributed by atoms with Crippen molar-refractivity contribution in [1.82, 2.24) is 4.57 Å². The van der Waals surface area contributed by atoms with Gasteiger partial charge >= 0.3 is 5.97 Å². The van der Waals surface area contributed by atoms with E-state index in [1.807, 2.05) is 0 Å². The third-order valence-corrected chi connectivity index (χ3v) is 4.71. The van der Waals surface area contributed by atoms with Gasteiger partial charge in [-0.3, -0.25) is 9.59 Å². The lowest BCUT2D eigenvalue weighted by Crippen LogP contribution is -2.22. The van der Waals surface area contributed by atoms with Gasteiger partial charge in [0.25, 0.3) is 5.91 Å². The van der Waals surface area contributed by atoms with E-state index in [4.69, 9.17) is 9.47 Å². The average molecular weight is 374 g/mol. The summed E-state index contributed by atoms with van der Waals surface area (Å²) in [5.41, 5.74) is 0.941. The predicted molar refractivity (Wildman–Crippen MR) is 94.7 cm³/mol. The molecule has 1 heterocycles. The number of thiazole rings is 1. The molecule has 0 spiro atoms. The molecule has 2 aromatic carbocycles. The molecule has 3 aromatic rings. The van der Waals surface area contributed by atoms with Crippen LogP contribution in [-0.2, 0) is 16.1 Å². The second-order valence-corrected chi connectivity index (χ2v) is 6.32. The third-order valence-electron chi connectivity index (χ3n) is 3.67. The molecule has 8 heteroatoms. The van der Waals surface area contributed by atoms with Crippen LogP contribution in [0.2, 0.25) is 0 Å². The summed E-state index contributed by atoms with van der Waals surface area (Å²) in [4.78, 5) is 28.6. The molecule has 0 radical (unpaired) electrons. The maximum absolute atomic E-state index is 13.5. The van der Waals surface area contributed by atoms with Gasteiger partial charge < -0.3 is 14.0 Å². The highest BCUT2D eigenvalue weighted by Crippen LogP contribution is 2.19. The van der Waals surface area contributed by atoms with Crippen LogP contribution in [0.4, 0.5) is 4.39 Å². The average Bonchev–Trinajstić information content (AvgIpc) is 2.97. The molecule has 0 aliphatic carbocycles. The molecular weight excluding hydrogens is 359 g/mol. The molecule has 0 atom stereocenters. The summed E-state index contributed by atoms with van der Waals surface area (Å²) < 4.78 is 25.4. The number of nitrogens with zero attached hydrogens (tertiary/aromatic N) is 2. The Balaban J connectivity index is 2.12. The summed E-state index contributed by atoms with van der Waals surface area (Å²) in [7, 11) is 2.78. The van der Waals surface area contributed by atoms with Crippen molar-refractivity contribution in [3.05, 3.63) is 58.6 Å². The molecule has 3 rings (SSSR count). The molecule has 6 nitrogen and oxygen atoms in total. The monoisotopic (exact) mass is 374 g/mol. The van der Waals surface area contributed by atoms with Crippen molar-refractivity contribution in [3.8, 4) is 5.75 Å². The van der Waals surface area contributed by atoms with Crippen LogP contribution in [0.15, 0.2) is 47.5 Å². The van der Waals surface area contributed by atoms with E-state index in [0.29, 0.717) is 21.5 Å². The smallest absolute Gasteiger partial charge is 0.325 e. The van der Waals surface area contributed by atoms with Crippen molar-refractivity contribution in [1.29, 1.82) is 0 Å². The number of hydrogen-bond acceptors (Lipinski definition) is 5. The SMILES string of the molecule is COC(=O)Cn1c(=NC(=O)c2cccc(OC)c2)sc2cc(F)ccc21. The van der Waals surface area contributed by atoms with Crippen LogP contribution < -0.4 is 9.54 Å². The summed E-state index contributed by atoms with van der Waals surface area (Å²) in [6, 6.07) is 10.8. The van der Waals surface area contributed by atoms with Crippen molar-refractivity contribution >= 4 is 33.4 Å². The lowest BCUT2D eigenvalue weighted by molar-refractivity contribution is -0.141. The van der Waals surface area contributed by atoms with Crippen molar-refractivity contribution in [2.45, 2.75) is 6.54 Å². The van der Waals surface area contributed by atoms with Crippen LogP contribution >= 0.6 is 11.3 Å².